The number of piperidine rings is 1. The highest BCUT2D eigenvalue weighted by Gasteiger charge is 2.30. The van der Waals surface area contributed by atoms with E-state index >= 15 is 0 Å². The highest BCUT2D eigenvalue weighted by Crippen LogP contribution is 2.27. The molecule has 9 heteroatoms. The van der Waals surface area contributed by atoms with Gasteiger partial charge in [-0.2, -0.15) is 0 Å². The summed E-state index contributed by atoms with van der Waals surface area (Å²) in [5.74, 6) is -0.228. The second-order valence-corrected chi connectivity index (χ2v) is 9.08. The first-order valence-electron chi connectivity index (χ1n) is 8.17. The largest absolute Gasteiger partial charge is 0.300 e. The van der Waals surface area contributed by atoms with Crippen LogP contribution in [0.4, 0.5) is 5.13 Å². The third-order valence-electron chi connectivity index (χ3n) is 4.26. The van der Waals surface area contributed by atoms with E-state index in [-0.39, 0.29) is 17.6 Å². The number of anilines is 1. The van der Waals surface area contributed by atoms with Crippen molar-refractivity contribution in [1.29, 1.82) is 0 Å². The lowest BCUT2D eigenvalue weighted by Crippen LogP contribution is -2.42. The number of benzene rings is 1. The quantitative estimate of drug-likeness (QED) is 0.858. The van der Waals surface area contributed by atoms with Crippen molar-refractivity contribution in [2.45, 2.75) is 19.8 Å². The van der Waals surface area contributed by atoms with Gasteiger partial charge in [0.25, 0.3) is 0 Å². The minimum absolute atomic E-state index is 0.0942. The monoisotopic (exact) mass is 380 g/mol. The van der Waals surface area contributed by atoms with Crippen molar-refractivity contribution in [2.24, 2.45) is 5.92 Å². The normalized spacial score (nSPS) is 16.7. The van der Waals surface area contributed by atoms with Crippen molar-refractivity contribution in [2.75, 3.05) is 24.2 Å². The van der Waals surface area contributed by atoms with Crippen molar-refractivity contribution < 1.29 is 13.2 Å². The first-order chi connectivity index (χ1) is 12.0. The van der Waals surface area contributed by atoms with Gasteiger partial charge in [-0.25, -0.2) is 12.7 Å². The molecule has 7 nitrogen and oxygen atoms in total. The summed E-state index contributed by atoms with van der Waals surface area (Å²) in [5.41, 5.74) is 0.957. The molecule has 25 heavy (non-hydrogen) atoms. The summed E-state index contributed by atoms with van der Waals surface area (Å²) in [6.07, 6.45) is 1.05. The summed E-state index contributed by atoms with van der Waals surface area (Å²) in [7, 11) is -3.18. The van der Waals surface area contributed by atoms with Crippen molar-refractivity contribution >= 4 is 32.4 Å². The maximum absolute atomic E-state index is 12.4. The third kappa shape index (κ3) is 4.23. The number of carbonyl (C=O) groups excluding carboxylic acids is 1. The van der Waals surface area contributed by atoms with E-state index in [0.29, 0.717) is 31.1 Å². The van der Waals surface area contributed by atoms with Gasteiger partial charge in [-0.05, 0) is 19.8 Å². The van der Waals surface area contributed by atoms with Gasteiger partial charge < -0.3 is 5.32 Å². The van der Waals surface area contributed by atoms with Crippen LogP contribution in [0.1, 0.15) is 19.8 Å². The summed E-state index contributed by atoms with van der Waals surface area (Å²) in [5, 5.41) is 12.2. The first-order valence-corrected chi connectivity index (χ1v) is 10.6. The van der Waals surface area contributed by atoms with E-state index in [1.54, 1.807) is 6.92 Å². The van der Waals surface area contributed by atoms with Crippen LogP contribution in [0, 0.1) is 5.92 Å². The van der Waals surface area contributed by atoms with Gasteiger partial charge >= 0.3 is 0 Å². The Labute approximate surface area is 151 Å². The molecule has 1 aromatic carbocycles. The molecule has 1 saturated heterocycles. The van der Waals surface area contributed by atoms with Gasteiger partial charge in [0.15, 0.2) is 0 Å². The zero-order chi connectivity index (χ0) is 17.9. The lowest BCUT2D eigenvalue weighted by atomic mass is 9.97. The molecule has 0 unspecified atom stereocenters. The number of amides is 1. The molecule has 1 aliphatic rings. The van der Waals surface area contributed by atoms with Gasteiger partial charge in [0.2, 0.25) is 21.1 Å². The highest BCUT2D eigenvalue weighted by atomic mass is 32.2. The van der Waals surface area contributed by atoms with Gasteiger partial charge in [-0.3, -0.25) is 4.79 Å². The van der Waals surface area contributed by atoms with Crippen LogP contribution in [0.25, 0.3) is 10.6 Å². The lowest BCUT2D eigenvalue weighted by molar-refractivity contribution is -0.120. The molecule has 0 atom stereocenters. The van der Waals surface area contributed by atoms with Gasteiger partial charge in [0.05, 0.1) is 5.75 Å². The fraction of sp³-hybridized carbons (Fsp3) is 0.438. The Hall–Kier alpha value is -1.84. The molecule has 0 aliphatic carbocycles. The van der Waals surface area contributed by atoms with E-state index in [4.69, 9.17) is 0 Å². The second-order valence-electron chi connectivity index (χ2n) is 5.84. The molecule has 0 saturated carbocycles. The molecule has 0 spiro atoms. The van der Waals surface area contributed by atoms with E-state index in [9.17, 15) is 13.2 Å². The molecule has 1 aromatic heterocycles. The Bertz CT molecular complexity index is 828. The van der Waals surface area contributed by atoms with Gasteiger partial charge in [-0.1, -0.05) is 41.7 Å². The number of hydrogen-bond acceptors (Lipinski definition) is 6. The number of rotatable bonds is 5. The Kier molecular flexibility index (Phi) is 5.45. The molecular weight excluding hydrogens is 360 g/mol. The SMILES string of the molecule is CCS(=O)(=O)N1CCC(C(=O)Nc2nnc(-c3ccccc3)s2)CC1. The molecule has 1 fully saturated rings. The van der Waals surface area contributed by atoms with Crippen LogP contribution in [-0.2, 0) is 14.8 Å². The van der Waals surface area contributed by atoms with Gasteiger partial charge in [0.1, 0.15) is 5.01 Å². The lowest BCUT2D eigenvalue weighted by Gasteiger charge is -2.29. The molecule has 134 valence electrons. The molecule has 1 aliphatic heterocycles. The van der Waals surface area contributed by atoms with Crippen molar-refractivity contribution in [3.63, 3.8) is 0 Å². The van der Waals surface area contributed by atoms with Crippen LogP contribution < -0.4 is 5.32 Å². The van der Waals surface area contributed by atoms with E-state index in [1.165, 1.54) is 15.6 Å². The fourth-order valence-electron chi connectivity index (χ4n) is 2.76. The summed E-state index contributed by atoms with van der Waals surface area (Å²) in [6, 6.07) is 9.66. The number of carbonyl (C=O) groups is 1. The van der Waals surface area contributed by atoms with Crippen LogP contribution >= 0.6 is 11.3 Å². The summed E-state index contributed by atoms with van der Waals surface area (Å²) >= 11 is 1.33. The topological polar surface area (TPSA) is 92.3 Å². The predicted molar refractivity (Wildman–Crippen MR) is 97.7 cm³/mol. The van der Waals surface area contributed by atoms with Gasteiger partial charge in [-0.15, -0.1) is 10.2 Å². The van der Waals surface area contributed by atoms with Crippen molar-refractivity contribution in [3.8, 4) is 10.6 Å². The Balaban J connectivity index is 1.58. The molecule has 0 bridgehead atoms. The molecule has 1 amide bonds. The van der Waals surface area contributed by atoms with Crippen LogP contribution in [0.2, 0.25) is 0 Å². The Morgan fingerprint density at radius 1 is 1.24 bits per heavy atom. The zero-order valence-electron chi connectivity index (χ0n) is 13.9. The van der Waals surface area contributed by atoms with E-state index < -0.39 is 10.0 Å². The maximum Gasteiger partial charge on any atom is 0.229 e. The van der Waals surface area contributed by atoms with E-state index in [2.05, 4.69) is 15.5 Å². The first kappa shape index (κ1) is 18.0. The molecule has 2 heterocycles. The zero-order valence-corrected chi connectivity index (χ0v) is 15.5. The summed E-state index contributed by atoms with van der Waals surface area (Å²) in [6.45, 7) is 2.41. The highest BCUT2D eigenvalue weighted by molar-refractivity contribution is 7.89. The molecule has 3 rings (SSSR count). The Morgan fingerprint density at radius 2 is 1.92 bits per heavy atom. The summed E-state index contributed by atoms with van der Waals surface area (Å²) in [4.78, 5) is 12.4. The van der Waals surface area contributed by atoms with Crippen LogP contribution in [0.15, 0.2) is 30.3 Å². The van der Waals surface area contributed by atoms with E-state index in [1.807, 2.05) is 30.3 Å². The number of sulfonamides is 1. The predicted octanol–water partition coefficient (Wildman–Crippen LogP) is 2.21. The summed E-state index contributed by atoms with van der Waals surface area (Å²) < 4.78 is 25.2. The fourth-order valence-corrected chi connectivity index (χ4v) is 4.64. The minimum atomic E-state index is -3.18. The van der Waals surface area contributed by atoms with Crippen LogP contribution in [-0.4, -0.2) is 47.7 Å². The average molecular weight is 380 g/mol. The third-order valence-corrected chi connectivity index (χ3v) is 7.03. The van der Waals surface area contributed by atoms with E-state index in [0.717, 1.165) is 10.6 Å². The smallest absolute Gasteiger partial charge is 0.229 e. The maximum atomic E-state index is 12.4. The second kappa shape index (κ2) is 7.59. The van der Waals surface area contributed by atoms with Gasteiger partial charge in [0, 0.05) is 24.6 Å². The standard InChI is InChI=1S/C16H20N4O3S2/c1-2-25(22,23)20-10-8-12(9-11-20)14(21)17-16-19-18-15(24-16)13-6-4-3-5-7-13/h3-7,12H,2,8-11H2,1H3,(H,17,19,21). The minimum Gasteiger partial charge on any atom is -0.300 e. The van der Waals surface area contributed by atoms with Crippen LogP contribution in [0.5, 0.6) is 0 Å². The Morgan fingerprint density at radius 3 is 2.56 bits per heavy atom. The number of nitrogens with zero attached hydrogens (tertiary/aromatic N) is 3. The molecular formula is C16H20N4O3S2. The number of hydrogen-bond donors (Lipinski definition) is 1. The molecule has 1 N–H and O–H groups in total. The van der Waals surface area contributed by atoms with Crippen molar-refractivity contribution in [3.05, 3.63) is 30.3 Å². The number of aromatic nitrogens is 2. The van der Waals surface area contributed by atoms with Crippen LogP contribution in [0.3, 0.4) is 0 Å². The average Bonchev–Trinajstić information content (AvgIpc) is 3.11. The number of nitrogens with one attached hydrogen (secondary N) is 1. The van der Waals surface area contributed by atoms with Crippen molar-refractivity contribution in [1.82, 2.24) is 14.5 Å². The molecule has 0 radical (unpaired) electrons. The molecule has 2 aromatic rings.